The Hall–Kier alpha value is -4.26. The van der Waals surface area contributed by atoms with Gasteiger partial charge in [0.1, 0.15) is 28.8 Å². The Balaban J connectivity index is 1.51. The number of ketones is 2. The van der Waals surface area contributed by atoms with Gasteiger partial charge in [-0.1, -0.05) is 44.8 Å². The van der Waals surface area contributed by atoms with E-state index in [-0.39, 0.29) is 59.5 Å². The number of anilines is 1. The van der Waals surface area contributed by atoms with E-state index in [9.17, 15) is 19.8 Å². The highest BCUT2D eigenvalue weighted by molar-refractivity contribution is 8.56. The van der Waals surface area contributed by atoms with Crippen molar-refractivity contribution >= 4 is 86.4 Å². The van der Waals surface area contributed by atoms with Crippen LogP contribution in [0.25, 0.3) is 21.8 Å². The van der Waals surface area contributed by atoms with Crippen molar-refractivity contribution in [3.63, 3.8) is 0 Å². The lowest BCUT2D eigenvalue weighted by Gasteiger charge is -2.51. The monoisotopic (exact) mass is 995 g/mol. The van der Waals surface area contributed by atoms with Crippen molar-refractivity contribution in [2.24, 2.45) is 0 Å². The van der Waals surface area contributed by atoms with Gasteiger partial charge in [0.2, 0.25) is 5.78 Å². The molecule has 2 aromatic heterocycles. The van der Waals surface area contributed by atoms with Crippen molar-refractivity contribution in [2.45, 2.75) is 107 Å². The molecule has 1 aromatic carbocycles. The molecule has 4 heterocycles. The van der Waals surface area contributed by atoms with E-state index in [1.54, 1.807) is 57.7 Å². The summed E-state index contributed by atoms with van der Waals surface area (Å²) in [6.45, 7) is 7.48. The quantitative estimate of drug-likeness (QED) is 0.0769. The van der Waals surface area contributed by atoms with E-state index >= 15 is 4.79 Å². The van der Waals surface area contributed by atoms with E-state index in [2.05, 4.69) is 44.3 Å². The van der Waals surface area contributed by atoms with Crippen LogP contribution in [0.1, 0.15) is 51.0 Å². The molecule has 0 radical (unpaired) electrons. The molecule has 0 saturated carbocycles. The topological polar surface area (TPSA) is 226 Å². The average molecular weight is 996 g/mol. The number of aliphatic hydroxyl groups is 2. The number of hydrogen-bond donors (Lipinski definition) is 6. The fraction of sp³-hybridized carbons (Fsp3) is 0.489. The number of alkyl carbamates (subject to hydrolysis) is 1. The maximum atomic E-state index is 15.3. The Morgan fingerprint density at radius 3 is 2.60 bits per heavy atom. The van der Waals surface area contributed by atoms with E-state index < -0.39 is 79.1 Å². The molecule has 0 bridgehead atoms. The summed E-state index contributed by atoms with van der Waals surface area (Å²) in [5.74, 6) is 10.4. The number of methoxy groups -OCH3 is 2. The third-order valence-corrected chi connectivity index (χ3v) is 14.7. The number of benzene rings is 1. The van der Waals surface area contributed by atoms with Gasteiger partial charge in [0.15, 0.2) is 18.4 Å². The number of aromatic nitrogens is 2. The number of nitrogens with two attached hydrogens (primary N) is 1. The Morgan fingerprint density at radius 1 is 1.18 bits per heavy atom. The van der Waals surface area contributed by atoms with Crippen LogP contribution in [-0.4, -0.2) is 143 Å². The van der Waals surface area contributed by atoms with Gasteiger partial charge in [0, 0.05) is 65.5 Å². The van der Waals surface area contributed by atoms with Crippen LogP contribution in [0.5, 0.6) is 0 Å². The van der Waals surface area contributed by atoms with Gasteiger partial charge in [-0.2, -0.15) is 0 Å². The van der Waals surface area contributed by atoms with Crippen molar-refractivity contribution < 1.29 is 53.0 Å². The third-order valence-electron chi connectivity index (χ3n) is 11.7. The third kappa shape index (κ3) is 11.6. The van der Waals surface area contributed by atoms with E-state index in [4.69, 9.17) is 56.5 Å². The summed E-state index contributed by atoms with van der Waals surface area (Å²) >= 11 is 12.2. The van der Waals surface area contributed by atoms with Gasteiger partial charge in [-0.15, -0.1) is 17.7 Å². The van der Waals surface area contributed by atoms with E-state index in [1.165, 1.54) is 18.3 Å². The molecule has 0 spiro atoms. The molecule has 1 aliphatic carbocycles. The van der Waals surface area contributed by atoms with Gasteiger partial charge in [-0.25, -0.2) is 4.79 Å². The molecule has 20 heteroatoms. The van der Waals surface area contributed by atoms with Gasteiger partial charge in [-0.05, 0) is 90.7 Å². The number of H-pyrrole nitrogens is 1. The van der Waals surface area contributed by atoms with Crippen LogP contribution in [0, 0.1) is 23.7 Å². The second-order valence-corrected chi connectivity index (χ2v) is 24.9. The lowest BCUT2D eigenvalue weighted by Crippen LogP contribution is -2.68. The second kappa shape index (κ2) is 22.4. The zero-order chi connectivity index (χ0) is 48.8. The number of carbonyl (C=O) groups excluding carboxylic acids is 3. The van der Waals surface area contributed by atoms with E-state index in [0.29, 0.717) is 16.6 Å². The number of nitrogen functional groups attached to an aromatic ring is 1. The predicted molar refractivity (Wildman–Crippen MR) is 265 cm³/mol. The highest BCUT2D eigenvalue weighted by atomic mass is 33.1. The van der Waals surface area contributed by atoms with E-state index in [0.717, 1.165) is 29.8 Å². The summed E-state index contributed by atoms with van der Waals surface area (Å²) in [4.78, 5) is 49.9. The number of thioether (sulfide) groups is 1. The van der Waals surface area contributed by atoms with Crippen LogP contribution in [0.4, 0.5) is 10.5 Å². The van der Waals surface area contributed by atoms with Crippen LogP contribution in [0.2, 0.25) is 0 Å². The fourth-order valence-corrected chi connectivity index (χ4v) is 10.5. The number of rotatable bonds is 14. The average Bonchev–Trinajstić information content (AvgIpc) is 3.65. The second-order valence-electron chi connectivity index (χ2n) is 16.6. The highest BCUT2D eigenvalue weighted by Crippen LogP contribution is 2.46. The molecule has 360 valence electrons. The Labute approximate surface area is 404 Å². The largest absolute Gasteiger partial charge is 0.453 e. The SMILES string of the molecule is CC#C/C=C\C#C[C@H](OC1OC(C)C(SC)(C(=O)c2nccc3c2[nH]c2ccc(N)cc23)C(O)C1OC1CC(OC)C(NC(C)C)CO1)C1=C(NC(=O)OC)C(=O)C[C@H](O)/C1=C/CS(C)(=S)=S. The normalized spacial score (nSPS) is 28.0. The van der Waals surface area contributed by atoms with Crippen LogP contribution >= 0.6 is 11.8 Å². The van der Waals surface area contributed by atoms with Gasteiger partial charge in [0.05, 0.1) is 49.3 Å². The Bertz CT molecular complexity index is 2700. The van der Waals surface area contributed by atoms with Gasteiger partial charge in [-0.3, -0.25) is 19.9 Å². The van der Waals surface area contributed by atoms with E-state index in [1.807, 2.05) is 19.9 Å². The summed E-state index contributed by atoms with van der Waals surface area (Å²) in [5, 5.41) is 32.0. The number of allylic oxidation sites excluding steroid dienone is 3. The standard InChI is InChI=1S/C47H57N5O11S4/c1-9-10-11-12-13-14-35(38-29(18-20-67(8,64)65)33(53)22-34(54)40(38)52-46(57)59-6)62-45-42(63-37-23-36(58-5)32(24-60-37)50-25(2)3)44(56)47(66-7,26(4)61-45)43(55)41-39-28(17-19-49-41)30-21-27(48)15-16-31(30)51-39/h11-12,15-19,21,25-26,32-33,35-37,42,44-45,50-51,53,56H,20,22-24,48H2,1-8H3,(H,52,57)/b12-11-,29-18-/t26?,32?,33-,35-,36?,37?,42?,44?,45?,47?/m0/s1. The number of amides is 1. The molecule has 16 nitrogen and oxygen atoms in total. The summed E-state index contributed by atoms with van der Waals surface area (Å²) < 4.78 is 35.5. The molecule has 2 aliphatic heterocycles. The molecule has 3 aliphatic rings. The van der Waals surface area contributed by atoms with Crippen molar-refractivity contribution in [3.05, 3.63) is 71.2 Å². The number of pyridine rings is 1. The molecule has 2 fully saturated rings. The number of aromatic amines is 1. The minimum Gasteiger partial charge on any atom is -0.453 e. The van der Waals surface area contributed by atoms with Crippen LogP contribution in [0.15, 0.2) is 65.5 Å². The van der Waals surface area contributed by atoms with Gasteiger partial charge >= 0.3 is 6.09 Å². The molecule has 3 aromatic rings. The smallest absolute Gasteiger partial charge is 0.411 e. The van der Waals surface area contributed by atoms with Crippen LogP contribution in [0.3, 0.4) is 0 Å². The van der Waals surface area contributed by atoms with Crippen molar-refractivity contribution in [1.82, 2.24) is 20.6 Å². The number of ether oxygens (including phenoxy) is 6. The summed E-state index contributed by atoms with van der Waals surface area (Å²) in [6, 6.07) is 7.07. The summed E-state index contributed by atoms with van der Waals surface area (Å²) in [7, 11) is 0.687. The Kier molecular flexibility index (Phi) is 17.5. The Morgan fingerprint density at radius 2 is 1.93 bits per heavy atom. The molecular weight excluding hydrogens is 939 g/mol. The maximum absolute atomic E-state index is 15.3. The van der Waals surface area contributed by atoms with Crippen LogP contribution in [-0.2, 0) is 62.7 Å². The summed E-state index contributed by atoms with van der Waals surface area (Å²) in [5.41, 5.74) is 7.78. The molecule has 10 atom stereocenters. The van der Waals surface area contributed by atoms with Gasteiger partial charge < -0.3 is 54.7 Å². The first-order chi connectivity index (χ1) is 31.9. The molecular formula is C47H57N5O11S4. The highest BCUT2D eigenvalue weighted by Gasteiger charge is 2.61. The lowest BCUT2D eigenvalue weighted by molar-refractivity contribution is -0.323. The zero-order valence-electron chi connectivity index (χ0n) is 38.4. The zero-order valence-corrected chi connectivity index (χ0v) is 41.7. The predicted octanol–water partition coefficient (Wildman–Crippen LogP) is 3.75. The molecule has 8 unspecified atom stereocenters. The minimum absolute atomic E-state index is 0.0289. The number of nitrogens with zero attached hydrogens (tertiary/aromatic N) is 1. The van der Waals surface area contributed by atoms with Crippen molar-refractivity contribution in [3.8, 4) is 23.7 Å². The number of Topliss-reactive ketones (excluding diaryl/α,β-unsaturated/α-hetero) is 2. The first-order valence-electron chi connectivity index (χ1n) is 21.4. The number of hydrogen-bond acceptors (Lipinski definition) is 17. The maximum Gasteiger partial charge on any atom is 0.411 e. The number of fused-ring (bicyclic) bond motifs is 3. The lowest BCUT2D eigenvalue weighted by atomic mass is 9.82. The number of aliphatic hydroxyl groups excluding tert-OH is 2. The van der Waals surface area contributed by atoms with Crippen molar-refractivity contribution in [1.29, 1.82) is 0 Å². The first kappa shape index (κ1) is 52.1. The fourth-order valence-electron chi connectivity index (χ4n) is 8.53. The molecule has 2 saturated heterocycles. The van der Waals surface area contributed by atoms with Crippen molar-refractivity contribution in [2.75, 3.05) is 44.8 Å². The number of nitrogens with one attached hydrogen (secondary N) is 3. The van der Waals surface area contributed by atoms with Crippen LogP contribution < -0.4 is 16.4 Å². The van der Waals surface area contributed by atoms with Gasteiger partial charge in [0.25, 0.3) is 0 Å². The summed E-state index contributed by atoms with van der Waals surface area (Å²) in [6.07, 6.45) is -1.86. The molecule has 67 heavy (non-hydrogen) atoms. The molecule has 7 N–H and O–H groups in total. The molecule has 6 rings (SSSR count). The first-order valence-corrected chi connectivity index (χ1v) is 26.7. The number of carbonyl (C=O) groups is 3. The molecule has 1 amide bonds. The minimum atomic E-state index is -2.03.